The first kappa shape index (κ1) is 16.0. The molecule has 2 atom stereocenters. The Kier molecular flexibility index (Phi) is 4.89. The van der Waals surface area contributed by atoms with E-state index < -0.39 is 0 Å². The molecule has 1 saturated heterocycles. The summed E-state index contributed by atoms with van der Waals surface area (Å²) in [6.07, 6.45) is 3.14. The fourth-order valence-electron chi connectivity index (χ4n) is 4.02. The Balaban J connectivity index is 1.55. The van der Waals surface area contributed by atoms with Crippen molar-refractivity contribution in [1.29, 1.82) is 0 Å². The summed E-state index contributed by atoms with van der Waals surface area (Å²) >= 11 is 0. The Labute approximate surface area is 150 Å². The minimum absolute atomic E-state index is 0.378. The van der Waals surface area contributed by atoms with Crippen LogP contribution in [-0.2, 0) is 6.54 Å². The molecule has 126 valence electrons. The highest BCUT2D eigenvalue weighted by atomic mass is 15.1. The topological polar surface area (TPSA) is 16.1 Å². The van der Waals surface area contributed by atoms with E-state index in [2.05, 4.69) is 77.7 Å². The number of likely N-dealkylation sites (tertiary alicyclic amines) is 1. The average molecular weight is 328 g/mol. The van der Waals surface area contributed by atoms with Crippen LogP contribution in [0.1, 0.15) is 29.2 Å². The van der Waals surface area contributed by atoms with Gasteiger partial charge in [0.2, 0.25) is 0 Å². The summed E-state index contributed by atoms with van der Waals surface area (Å²) in [7, 11) is 0. The van der Waals surface area contributed by atoms with Crippen molar-refractivity contribution >= 4 is 0 Å². The predicted octanol–water partition coefficient (Wildman–Crippen LogP) is 4.74. The quantitative estimate of drug-likeness (QED) is 0.673. The predicted molar refractivity (Wildman–Crippen MR) is 102 cm³/mol. The minimum Gasteiger partial charge on any atom is -0.299 e. The van der Waals surface area contributed by atoms with Crippen molar-refractivity contribution in [3.8, 4) is 0 Å². The highest BCUT2D eigenvalue weighted by molar-refractivity contribution is 5.30. The number of rotatable bonds is 5. The van der Waals surface area contributed by atoms with Crippen molar-refractivity contribution in [2.24, 2.45) is 5.92 Å². The zero-order valence-electron chi connectivity index (χ0n) is 14.5. The molecule has 0 radical (unpaired) electrons. The van der Waals surface area contributed by atoms with Crippen LogP contribution in [0.3, 0.4) is 0 Å². The Morgan fingerprint density at radius 2 is 1.60 bits per heavy atom. The highest BCUT2D eigenvalue weighted by Crippen LogP contribution is 2.36. The van der Waals surface area contributed by atoms with Crippen LogP contribution in [0.2, 0.25) is 0 Å². The number of nitrogens with zero attached hydrogens (tertiary/aromatic N) is 2. The molecular formula is C23H24N2. The average Bonchev–Trinajstić information content (AvgIpc) is 3.12. The van der Waals surface area contributed by atoms with E-state index in [1.165, 1.54) is 23.2 Å². The first-order valence-corrected chi connectivity index (χ1v) is 9.12. The normalized spacial score (nSPS) is 19.0. The fourth-order valence-corrected chi connectivity index (χ4v) is 4.02. The number of aromatic nitrogens is 1. The standard InChI is InChI=1S/C23H24N2/c1-3-9-19(10-4-1)17-25-16-14-21(18-25)23(20-11-5-2-6-12-20)22-13-7-8-15-24-22/h1-13,15,21,23H,14,16-18H2/t21-,23+/m0/s1. The van der Waals surface area contributed by atoms with E-state index in [4.69, 9.17) is 4.98 Å². The van der Waals surface area contributed by atoms with E-state index in [0.29, 0.717) is 11.8 Å². The van der Waals surface area contributed by atoms with E-state index in [1.807, 2.05) is 12.3 Å². The van der Waals surface area contributed by atoms with Gasteiger partial charge in [0, 0.05) is 30.9 Å². The maximum Gasteiger partial charge on any atom is 0.0481 e. The molecule has 1 aliphatic rings. The van der Waals surface area contributed by atoms with E-state index in [0.717, 1.165) is 19.6 Å². The summed E-state index contributed by atoms with van der Waals surface area (Å²) in [5.74, 6) is 0.990. The molecule has 0 aliphatic carbocycles. The van der Waals surface area contributed by atoms with Crippen molar-refractivity contribution in [3.63, 3.8) is 0 Å². The van der Waals surface area contributed by atoms with Crippen LogP contribution in [0.25, 0.3) is 0 Å². The van der Waals surface area contributed by atoms with Crippen LogP contribution in [0.4, 0.5) is 0 Å². The maximum atomic E-state index is 4.69. The summed E-state index contributed by atoms with van der Waals surface area (Å²) < 4.78 is 0. The van der Waals surface area contributed by atoms with Crippen molar-refractivity contribution in [2.45, 2.75) is 18.9 Å². The van der Waals surface area contributed by atoms with Crippen LogP contribution in [0, 0.1) is 5.92 Å². The van der Waals surface area contributed by atoms with E-state index in [1.54, 1.807) is 0 Å². The molecule has 0 N–H and O–H groups in total. The SMILES string of the molecule is c1ccc(CN2CC[C@H]([C@@H](c3ccccc3)c3ccccn3)C2)cc1. The van der Waals surface area contributed by atoms with Gasteiger partial charge in [-0.25, -0.2) is 0 Å². The van der Waals surface area contributed by atoms with E-state index in [-0.39, 0.29) is 0 Å². The van der Waals surface area contributed by atoms with Gasteiger partial charge < -0.3 is 0 Å². The van der Waals surface area contributed by atoms with Crippen LogP contribution in [0.15, 0.2) is 85.1 Å². The molecule has 2 heteroatoms. The Hall–Kier alpha value is -2.45. The Bertz CT molecular complexity index is 731. The van der Waals surface area contributed by atoms with Gasteiger partial charge in [-0.05, 0) is 42.1 Å². The summed E-state index contributed by atoms with van der Waals surface area (Å²) in [4.78, 5) is 7.27. The Morgan fingerprint density at radius 1 is 0.880 bits per heavy atom. The largest absolute Gasteiger partial charge is 0.299 e. The van der Waals surface area contributed by atoms with Gasteiger partial charge in [-0.3, -0.25) is 9.88 Å². The molecule has 2 nitrogen and oxygen atoms in total. The molecule has 1 fully saturated rings. The number of hydrogen-bond acceptors (Lipinski definition) is 2. The smallest absolute Gasteiger partial charge is 0.0481 e. The van der Waals surface area contributed by atoms with Gasteiger partial charge in [-0.15, -0.1) is 0 Å². The van der Waals surface area contributed by atoms with Gasteiger partial charge in [-0.2, -0.15) is 0 Å². The Morgan fingerprint density at radius 3 is 2.32 bits per heavy atom. The second-order valence-corrected chi connectivity index (χ2v) is 6.91. The zero-order valence-corrected chi connectivity index (χ0v) is 14.5. The van der Waals surface area contributed by atoms with Crippen molar-refractivity contribution in [3.05, 3.63) is 102 Å². The molecular weight excluding hydrogens is 304 g/mol. The van der Waals surface area contributed by atoms with E-state index in [9.17, 15) is 0 Å². The zero-order chi connectivity index (χ0) is 16.9. The number of hydrogen-bond donors (Lipinski definition) is 0. The molecule has 2 aromatic carbocycles. The lowest BCUT2D eigenvalue weighted by Gasteiger charge is -2.24. The number of pyridine rings is 1. The maximum absolute atomic E-state index is 4.69. The molecule has 2 heterocycles. The van der Waals surface area contributed by atoms with Crippen LogP contribution >= 0.6 is 0 Å². The van der Waals surface area contributed by atoms with Crippen LogP contribution in [-0.4, -0.2) is 23.0 Å². The third-order valence-electron chi connectivity index (χ3n) is 5.19. The van der Waals surface area contributed by atoms with Gasteiger partial charge in [-0.1, -0.05) is 66.7 Å². The minimum atomic E-state index is 0.378. The second-order valence-electron chi connectivity index (χ2n) is 6.91. The lowest BCUT2D eigenvalue weighted by Crippen LogP contribution is -2.23. The van der Waals surface area contributed by atoms with Crippen molar-refractivity contribution in [1.82, 2.24) is 9.88 Å². The molecule has 3 aromatic rings. The molecule has 0 spiro atoms. The molecule has 4 rings (SSSR count). The van der Waals surface area contributed by atoms with Crippen LogP contribution < -0.4 is 0 Å². The summed E-state index contributed by atoms with van der Waals surface area (Å²) in [6, 6.07) is 27.9. The first-order valence-electron chi connectivity index (χ1n) is 9.12. The lowest BCUT2D eigenvalue weighted by atomic mass is 9.82. The first-order chi connectivity index (χ1) is 12.4. The summed E-state index contributed by atoms with van der Waals surface area (Å²) in [6.45, 7) is 3.34. The second kappa shape index (κ2) is 7.62. The fraction of sp³-hybridized carbons (Fsp3) is 0.261. The number of benzene rings is 2. The van der Waals surface area contributed by atoms with Gasteiger partial charge in [0.15, 0.2) is 0 Å². The van der Waals surface area contributed by atoms with Crippen LogP contribution in [0.5, 0.6) is 0 Å². The lowest BCUT2D eigenvalue weighted by molar-refractivity contribution is 0.310. The van der Waals surface area contributed by atoms with E-state index >= 15 is 0 Å². The van der Waals surface area contributed by atoms with Gasteiger partial charge >= 0.3 is 0 Å². The van der Waals surface area contributed by atoms with Gasteiger partial charge in [0.25, 0.3) is 0 Å². The monoisotopic (exact) mass is 328 g/mol. The molecule has 1 aliphatic heterocycles. The van der Waals surface area contributed by atoms with Gasteiger partial charge in [0.1, 0.15) is 0 Å². The molecule has 0 bridgehead atoms. The van der Waals surface area contributed by atoms with Crippen molar-refractivity contribution < 1.29 is 0 Å². The summed E-state index contributed by atoms with van der Waals surface area (Å²) in [5.41, 5.74) is 3.98. The molecule has 1 aromatic heterocycles. The van der Waals surface area contributed by atoms with Crippen molar-refractivity contribution in [2.75, 3.05) is 13.1 Å². The molecule has 25 heavy (non-hydrogen) atoms. The molecule has 0 unspecified atom stereocenters. The molecule has 0 amide bonds. The third kappa shape index (κ3) is 3.80. The third-order valence-corrected chi connectivity index (χ3v) is 5.19. The highest BCUT2D eigenvalue weighted by Gasteiger charge is 2.32. The molecule has 0 saturated carbocycles. The van der Waals surface area contributed by atoms with Gasteiger partial charge in [0.05, 0.1) is 0 Å². The summed E-state index contributed by atoms with van der Waals surface area (Å²) in [5, 5.41) is 0.